The molecule has 21 heavy (non-hydrogen) atoms. The molecular weight excluding hydrogens is 284 g/mol. The van der Waals surface area contributed by atoms with Crippen LogP contribution in [0.4, 0.5) is 0 Å². The fourth-order valence-corrected chi connectivity index (χ4v) is 8.14. The van der Waals surface area contributed by atoms with Gasteiger partial charge in [0, 0.05) is 5.57 Å². The lowest BCUT2D eigenvalue weighted by molar-refractivity contribution is -0.159. The normalized spacial score (nSPS) is 13.5. The van der Waals surface area contributed by atoms with Crippen molar-refractivity contribution in [2.45, 2.75) is 78.1 Å². The van der Waals surface area contributed by atoms with E-state index in [-0.39, 0.29) is 5.57 Å². The molecule has 0 aromatic carbocycles. The summed E-state index contributed by atoms with van der Waals surface area (Å²) < 4.78 is 11.0. The molecule has 0 aromatic rings. The number of hydrogen-bond acceptors (Lipinski definition) is 4. The molecule has 0 aliphatic rings. The second-order valence-corrected chi connectivity index (χ2v) is 11.9. The molecule has 1 atom stereocenters. The van der Waals surface area contributed by atoms with Crippen LogP contribution in [-0.4, -0.2) is 26.4 Å². The molecule has 0 aromatic heterocycles. The van der Waals surface area contributed by atoms with Gasteiger partial charge in [-0.25, -0.2) is 9.59 Å². The Kier molecular flexibility index (Phi) is 7.37. The quantitative estimate of drug-likeness (QED) is 0.401. The number of rotatable bonds is 7. The van der Waals surface area contributed by atoms with Gasteiger partial charge < -0.3 is 9.16 Å². The van der Waals surface area contributed by atoms with Gasteiger partial charge in [-0.1, -0.05) is 48.1 Å². The van der Waals surface area contributed by atoms with E-state index in [0.717, 1.165) is 0 Å². The first-order valence-electron chi connectivity index (χ1n) is 7.56. The van der Waals surface area contributed by atoms with Crippen LogP contribution in [0, 0.1) is 0 Å². The van der Waals surface area contributed by atoms with E-state index in [2.05, 4.69) is 48.1 Å². The summed E-state index contributed by atoms with van der Waals surface area (Å²) in [6.07, 6.45) is -0.905. The van der Waals surface area contributed by atoms with Gasteiger partial charge in [-0.2, -0.15) is 0 Å². The number of esters is 1. The second kappa shape index (κ2) is 7.78. The zero-order valence-corrected chi connectivity index (χ0v) is 15.6. The first kappa shape index (κ1) is 19.9. The molecule has 0 spiro atoms. The molecule has 0 bridgehead atoms. The summed E-state index contributed by atoms with van der Waals surface area (Å²) in [6, 6.07) is 0. The highest BCUT2D eigenvalue weighted by atomic mass is 28.4. The summed E-state index contributed by atoms with van der Waals surface area (Å²) in [5, 5.41) is 0. The van der Waals surface area contributed by atoms with Crippen molar-refractivity contribution in [1.29, 1.82) is 0 Å². The van der Waals surface area contributed by atoms with Gasteiger partial charge in [0.1, 0.15) is 0 Å². The van der Waals surface area contributed by atoms with Crippen LogP contribution in [-0.2, 0) is 18.8 Å². The molecule has 1 unspecified atom stereocenters. The van der Waals surface area contributed by atoms with E-state index in [9.17, 15) is 9.59 Å². The van der Waals surface area contributed by atoms with Crippen molar-refractivity contribution < 1.29 is 18.8 Å². The molecule has 0 aliphatic carbocycles. The van der Waals surface area contributed by atoms with Crippen molar-refractivity contribution in [3.8, 4) is 0 Å². The third kappa shape index (κ3) is 4.70. The van der Waals surface area contributed by atoms with Gasteiger partial charge in [-0.05, 0) is 30.5 Å². The van der Waals surface area contributed by atoms with E-state index in [1.807, 2.05) is 0 Å². The molecule has 0 aliphatic heterocycles. The predicted molar refractivity (Wildman–Crippen MR) is 87.5 cm³/mol. The van der Waals surface area contributed by atoms with E-state index in [1.54, 1.807) is 13.8 Å². The predicted octanol–water partition coefficient (Wildman–Crippen LogP) is 4.21. The van der Waals surface area contributed by atoms with Gasteiger partial charge in [0.2, 0.25) is 0 Å². The molecular formula is C16H30O4Si. The number of hydrogen-bond donors (Lipinski definition) is 0. The second-order valence-electron chi connectivity index (χ2n) is 6.57. The molecule has 0 N–H and O–H groups in total. The number of ether oxygens (including phenoxy) is 1. The van der Waals surface area contributed by atoms with Crippen molar-refractivity contribution in [3.05, 3.63) is 12.2 Å². The Bertz CT molecular complexity index is 377. The number of carbonyl (C=O) groups is 2. The van der Waals surface area contributed by atoms with E-state index >= 15 is 0 Å². The third-order valence-electron chi connectivity index (χ3n) is 3.95. The van der Waals surface area contributed by atoms with Gasteiger partial charge in [0.25, 0.3) is 8.32 Å². The van der Waals surface area contributed by atoms with Crippen LogP contribution in [0.3, 0.4) is 0 Å². The summed E-state index contributed by atoms with van der Waals surface area (Å²) in [7, 11) is -2.29. The maximum Gasteiger partial charge on any atom is 0.333 e. The molecule has 4 nitrogen and oxygen atoms in total. The van der Waals surface area contributed by atoms with Crippen LogP contribution >= 0.6 is 0 Å². The topological polar surface area (TPSA) is 52.6 Å². The SMILES string of the molecule is C=C(C)C(=O)OC(C)C(=O)O[Si](C(C)C)(C(C)C)C(C)C. The monoisotopic (exact) mass is 314 g/mol. The van der Waals surface area contributed by atoms with E-state index in [4.69, 9.17) is 9.16 Å². The lowest BCUT2D eigenvalue weighted by atomic mass is 10.3. The van der Waals surface area contributed by atoms with Gasteiger partial charge >= 0.3 is 11.9 Å². The van der Waals surface area contributed by atoms with Crippen LogP contribution in [0.5, 0.6) is 0 Å². The lowest BCUT2D eigenvalue weighted by Crippen LogP contribution is -2.51. The fourth-order valence-electron chi connectivity index (χ4n) is 2.92. The zero-order chi connectivity index (χ0) is 17.0. The highest BCUT2D eigenvalue weighted by Gasteiger charge is 2.48. The Morgan fingerprint density at radius 2 is 1.29 bits per heavy atom. The highest BCUT2D eigenvalue weighted by Crippen LogP contribution is 2.42. The largest absolute Gasteiger partial charge is 0.516 e. The first-order chi connectivity index (χ1) is 9.46. The van der Waals surface area contributed by atoms with Crippen molar-refractivity contribution in [3.63, 3.8) is 0 Å². The Morgan fingerprint density at radius 1 is 0.905 bits per heavy atom. The Morgan fingerprint density at radius 3 is 1.57 bits per heavy atom. The van der Waals surface area contributed by atoms with Crippen molar-refractivity contribution in [2.75, 3.05) is 0 Å². The summed E-state index contributed by atoms with van der Waals surface area (Å²) in [4.78, 5) is 23.8. The fraction of sp³-hybridized carbons (Fsp3) is 0.750. The minimum atomic E-state index is -2.29. The number of carbonyl (C=O) groups excluding carboxylic acids is 2. The molecule has 0 amide bonds. The maximum absolute atomic E-state index is 12.3. The molecule has 0 radical (unpaired) electrons. The summed E-state index contributed by atoms with van der Waals surface area (Å²) in [5.41, 5.74) is 1.16. The smallest absolute Gasteiger partial charge is 0.333 e. The average molecular weight is 314 g/mol. The van der Waals surface area contributed by atoms with E-state index < -0.39 is 26.4 Å². The van der Waals surface area contributed by atoms with Gasteiger partial charge in [-0.15, -0.1) is 0 Å². The first-order valence-corrected chi connectivity index (χ1v) is 9.70. The van der Waals surface area contributed by atoms with Crippen LogP contribution in [0.15, 0.2) is 12.2 Å². The maximum atomic E-state index is 12.3. The minimum Gasteiger partial charge on any atom is -0.516 e. The van der Waals surface area contributed by atoms with Crippen LogP contribution < -0.4 is 0 Å². The summed E-state index contributed by atoms with van der Waals surface area (Å²) >= 11 is 0. The molecule has 5 heteroatoms. The molecule has 0 fully saturated rings. The standard InChI is InChI=1S/C16H30O4Si/c1-10(2)15(17)19-14(9)16(18)20-21(11(3)4,12(5)6)13(7)8/h11-14H,1H2,2-9H3. The minimum absolute atomic E-state index is 0.273. The lowest BCUT2D eigenvalue weighted by Gasteiger charge is -2.41. The summed E-state index contributed by atoms with van der Waals surface area (Å²) in [5.74, 6) is -1.02. The van der Waals surface area contributed by atoms with Crippen LogP contribution in [0.25, 0.3) is 0 Å². The molecule has 0 saturated carbocycles. The van der Waals surface area contributed by atoms with Gasteiger partial charge in [-0.3, -0.25) is 0 Å². The van der Waals surface area contributed by atoms with E-state index in [0.29, 0.717) is 16.6 Å². The Balaban J connectivity index is 5.15. The highest BCUT2D eigenvalue weighted by molar-refractivity contribution is 6.78. The molecule has 0 rings (SSSR count). The molecule has 122 valence electrons. The van der Waals surface area contributed by atoms with Crippen molar-refractivity contribution in [1.82, 2.24) is 0 Å². The zero-order valence-electron chi connectivity index (χ0n) is 14.6. The average Bonchev–Trinajstić information content (AvgIpc) is 2.33. The Labute approximate surface area is 130 Å². The van der Waals surface area contributed by atoms with Gasteiger partial charge in [0.15, 0.2) is 6.10 Å². The molecule has 0 heterocycles. The van der Waals surface area contributed by atoms with Crippen LogP contribution in [0.2, 0.25) is 16.6 Å². The third-order valence-corrected chi connectivity index (χ3v) is 9.92. The molecule has 0 saturated heterocycles. The van der Waals surface area contributed by atoms with Crippen molar-refractivity contribution in [2.24, 2.45) is 0 Å². The van der Waals surface area contributed by atoms with Crippen LogP contribution in [0.1, 0.15) is 55.4 Å². The van der Waals surface area contributed by atoms with Gasteiger partial charge in [0.05, 0.1) is 0 Å². The Hall–Kier alpha value is -1.10. The van der Waals surface area contributed by atoms with E-state index in [1.165, 1.54) is 0 Å². The summed E-state index contributed by atoms with van der Waals surface area (Å²) in [6.45, 7) is 19.2. The van der Waals surface area contributed by atoms with Crippen molar-refractivity contribution >= 4 is 20.3 Å².